The van der Waals surface area contributed by atoms with E-state index in [4.69, 9.17) is 4.11 Å². The van der Waals surface area contributed by atoms with Crippen LogP contribution in [-0.4, -0.2) is 65.0 Å². The molecule has 0 bridgehead atoms. The lowest BCUT2D eigenvalue weighted by molar-refractivity contribution is 0.150. The van der Waals surface area contributed by atoms with Gasteiger partial charge in [0, 0.05) is 35.1 Å². The number of sulfonamides is 2. The second-order valence-electron chi connectivity index (χ2n) is 9.60. The normalized spacial score (nSPS) is 19.5. The minimum atomic E-state index is -4.34. The largest absolute Gasteiger partial charge is 0.291 e. The third-order valence-corrected chi connectivity index (χ3v) is 11.4. The summed E-state index contributed by atoms with van der Waals surface area (Å²) in [6, 6.07) is 4.38. The molecule has 0 amide bonds. The van der Waals surface area contributed by atoms with Gasteiger partial charge in [-0.1, -0.05) is 17.4 Å². The molecule has 0 unspecified atom stereocenters. The molecule has 1 N–H and O–H groups in total. The second-order valence-corrected chi connectivity index (χ2v) is 14.8. The molecule has 208 valence electrons. The molecule has 0 atom stereocenters. The minimum Gasteiger partial charge on any atom is -0.267 e. The predicted octanol–water partition coefficient (Wildman–Crippen LogP) is 3.19. The van der Waals surface area contributed by atoms with E-state index in [1.54, 1.807) is 19.9 Å². The Morgan fingerprint density at radius 3 is 2.51 bits per heavy atom. The first-order valence-electron chi connectivity index (χ1n) is 13.3. The Labute approximate surface area is 232 Å². The number of fused-ring (bicyclic) bond motifs is 1. The maximum absolute atomic E-state index is 13.5. The molecule has 2 aliphatic rings. The van der Waals surface area contributed by atoms with Gasteiger partial charge in [0.15, 0.2) is 10.0 Å². The summed E-state index contributed by atoms with van der Waals surface area (Å²) < 4.78 is 108. The van der Waals surface area contributed by atoms with Crippen molar-refractivity contribution in [3.63, 3.8) is 0 Å². The van der Waals surface area contributed by atoms with Crippen LogP contribution in [0.25, 0.3) is 27.2 Å². The molecule has 1 saturated carbocycles. The standard InChI is InChI=1S/C23H25F2N7O4S3/c1-13(2)39(35,36)32-8-4-14(5-9-32)16-10-15(38(33,34)30-23(12-26)6-7-23)11-17-18(29-31(3)19(16)17)21-27-28-22(37-21)20(24)25/h4,10-11,13,20,30H,5-9H2,1-3H3/i3D3. The van der Waals surface area contributed by atoms with Crippen molar-refractivity contribution in [3.05, 3.63) is 28.8 Å². The molecule has 0 radical (unpaired) electrons. The van der Waals surface area contributed by atoms with Gasteiger partial charge >= 0.3 is 0 Å². The minimum absolute atomic E-state index is 0.000836. The first-order chi connectivity index (χ1) is 19.5. The molecule has 1 aromatic carbocycles. The fraction of sp³-hybridized carbons (Fsp3) is 0.478. The van der Waals surface area contributed by atoms with Crippen molar-refractivity contribution < 1.29 is 29.7 Å². The van der Waals surface area contributed by atoms with Gasteiger partial charge in [-0.25, -0.2) is 25.6 Å². The Balaban J connectivity index is 1.76. The zero-order valence-electron chi connectivity index (χ0n) is 23.7. The number of benzene rings is 1. The van der Waals surface area contributed by atoms with Gasteiger partial charge in [-0.2, -0.15) is 19.4 Å². The van der Waals surface area contributed by atoms with Gasteiger partial charge in [-0.15, -0.1) is 10.2 Å². The molecule has 2 aromatic heterocycles. The Hall–Kier alpha value is -2.84. The Morgan fingerprint density at radius 1 is 1.23 bits per heavy atom. The Kier molecular flexibility index (Phi) is 5.95. The highest BCUT2D eigenvalue weighted by Crippen LogP contribution is 2.40. The molecule has 5 rings (SSSR count). The molecule has 0 spiro atoms. The lowest BCUT2D eigenvalue weighted by Crippen LogP contribution is -2.39. The third-order valence-electron chi connectivity index (χ3n) is 6.66. The number of rotatable bonds is 8. The lowest BCUT2D eigenvalue weighted by Gasteiger charge is -2.28. The summed E-state index contributed by atoms with van der Waals surface area (Å²) in [4.78, 5) is -0.311. The number of halogens is 2. The zero-order chi connectivity index (χ0) is 30.8. The molecular weight excluding hydrogens is 572 g/mol. The number of nitrogens with zero attached hydrogens (tertiary/aromatic N) is 6. The van der Waals surface area contributed by atoms with Crippen LogP contribution in [-0.2, 0) is 27.0 Å². The molecule has 16 heteroatoms. The summed E-state index contributed by atoms with van der Waals surface area (Å²) in [6.45, 7) is 0.255. The molecule has 11 nitrogen and oxygen atoms in total. The average Bonchev–Trinajstić information content (AvgIpc) is 3.31. The van der Waals surface area contributed by atoms with E-state index in [1.807, 2.05) is 6.07 Å². The van der Waals surface area contributed by atoms with E-state index in [9.17, 15) is 30.9 Å². The summed E-state index contributed by atoms with van der Waals surface area (Å²) >= 11 is 0.489. The number of hydrogen-bond acceptors (Lipinski definition) is 9. The number of hydrogen-bond donors (Lipinski definition) is 1. The number of alkyl halides is 2. The molecule has 3 heterocycles. The van der Waals surface area contributed by atoms with E-state index in [-0.39, 0.29) is 51.6 Å². The highest BCUT2D eigenvalue weighted by atomic mass is 32.2. The van der Waals surface area contributed by atoms with Crippen molar-refractivity contribution in [2.45, 2.75) is 55.2 Å². The van der Waals surface area contributed by atoms with Gasteiger partial charge in [0.25, 0.3) is 6.43 Å². The monoisotopic (exact) mass is 600 g/mol. The van der Waals surface area contributed by atoms with Crippen LogP contribution >= 0.6 is 11.3 Å². The number of aryl methyl sites for hydroxylation is 1. The van der Waals surface area contributed by atoms with Crippen LogP contribution in [0.4, 0.5) is 8.78 Å². The van der Waals surface area contributed by atoms with Crippen molar-refractivity contribution in [1.29, 1.82) is 5.26 Å². The van der Waals surface area contributed by atoms with Crippen molar-refractivity contribution in [2.75, 3.05) is 13.1 Å². The number of nitrogens with one attached hydrogen (secondary N) is 1. The number of aromatic nitrogens is 4. The molecule has 0 saturated heterocycles. The molecule has 3 aromatic rings. The van der Waals surface area contributed by atoms with Gasteiger partial charge in [0.2, 0.25) is 20.0 Å². The summed E-state index contributed by atoms with van der Waals surface area (Å²) in [6.07, 6.45) is -0.619. The highest BCUT2D eigenvalue weighted by Gasteiger charge is 2.47. The van der Waals surface area contributed by atoms with Gasteiger partial charge in [-0.3, -0.25) is 4.68 Å². The van der Waals surface area contributed by atoms with Crippen LogP contribution in [0.2, 0.25) is 0 Å². The molecule has 39 heavy (non-hydrogen) atoms. The Bertz CT molecular complexity index is 1860. The Morgan fingerprint density at radius 2 is 1.97 bits per heavy atom. The molecular formula is C23H25F2N7O4S3. The van der Waals surface area contributed by atoms with Crippen molar-refractivity contribution in [3.8, 4) is 16.8 Å². The van der Waals surface area contributed by atoms with E-state index in [1.165, 1.54) is 16.4 Å². The number of nitriles is 1. The lowest BCUT2D eigenvalue weighted by atomic mass is 9.97. The van der Waals surface area contributed by atoms with E-state index in [0.29, 0.717) is 34.4 Å². The second kappa shape index (κ2) is 9.66. The van der Waals surface area contributed by atoms with Crippen LogP contribution in [0.5, 0.6) is 0 Å². The zero-order valence-corrected chi connectivity index (χ0v) is 23.2. The van der Waals surface area contributed by atoms with E-state index in [2.05, 4.69) is 20.0 Å². The van der Waals surface area contributed by atoms with Crippen LogP contribution in [0.15, 0.2) is 23.1 Å². The fourth-order valence-corrected chi connectivity index (χ4v) is 7.65. The van der Waals surface area contributed by atoms with Crippen molar-refractivity contribution >= 4 is 47.9 Å². The maximum Gasteiger partial charge on any atom is 0.291 e. The van der Waals surface area contributed by atoms with Gasteiger partial charge < -0.3 is 0 Å². The maximum atomic E-state index is 13.5. The van der Waals surface area contributed by atoms with Crippen LogP contribution < -0.4 is 4.72 Å². The average molecular weight is 601 g/mol. The summed E-state index contributed by atoms with van der Waals surface area (Å²) in [5.74, 6) is 0. The summed E-state index contributed by atoms with van der Waals surface area (Å²) in [7, 11) is -7.93. The fourth-order valence-electron chi connectivity index (χ4n) is 4.30. The molecule has 1 aliphatic heterocycles. The highest BCUT2D eigenvalue weighted by molar-refractivity contribution is 7.89. The first-order valence-corrected chi connectivity index (χ1v) is 15.6. The molecule has 1 fully saturated rings. The summed E-state index contributed by atoms with van der Waals surface area (Å²) in [5, 5.41) is 19.4. The van der Waals surface area contributed by atoms with Crippen LogP contribution in [0.1, 0.15) is 54.2 Å². The summed E-state index contributed by atoms with van der Waals surface area (Å²) in [5.41, 5.74) is -0.807. The quantitative estimate of drug-likeness (QED) is 0.414. The third kappa shape index (κ3) is 4.97. The van der Waals surface area contributed by atoms with Gasteiger partial charge in [0.05, 0.1) is 21.7 Å². The van der Waals surface area contributed by atoms with E-state index in [0.717, 1.165) is 0 Å². The predicted molar refractivity (Wildman–Crippen MR) is 141 cm³/mol. The van der Waals surface area contributed by atoms with E-state index >= 15 is 0 Å². The molecule has 1 aliphatic carbocycles. The topological polar surface area (TPSA) is 151 Å². The smallest absolute Gasteiger partial charge is 0.267 e. The first kappa shape index (κ1) is 24.0. The SMILES string of the molecule is [2H]C([2H])([2H])n1nc(-c2nnc(C(F)F)s2)c2cc(S(=O)(=O)NC3(C#N)CC3)cc(C3=CCN(S(=O)(=O)C(C)C)CC3)c21. The van der Waals surface area contributed by atoms with Crippen LogP contribution in [0.3, 0.4) is 0 Å². The van der Waals surface area contributed by atoms with E-state index < -0.39 is 49.2 Å². The van der Waals surface area contributed by atoms with Gasteiger partial charge in [0.1, 0.15) is 11.2 Å². The van der Waals surface area contributed by atoms with Crippen molar-refractivity contribution in [2.24, 2.45) is 6.98 Å². The van der Waals surface area contributed by atoms with Crippen molar-refractivity contribution in [1.82, 2.24) is 29.0 Å². The van der Waals surface area contributed by atoms with Gasteiger partial charge in [-0.05, 0) is 50.8 Å². The van der Waals surface area contributed by atoms with Crippen LogP contribution in [0, 0.1) is 11.3 Å².